The minimum Gasteiger partial charge on any atom is -0.494 e. The Balaban J connectivity index is 1.76. The van der Waals surface area contributed by atoms with E-state index in [4.69, 9.17) is 20.9 Å². The number of benzene rings is 2. The highest BCUT2D eigenvalue weighted by Crippen LogP contribution is 2.48. The van der Waals surface area contributed by atoms with Crippen LogP contribution in [0, 0.1) is 5.41 Å². The fourth-order valence-corrected chi connectivity index (χ4v) is 4.03. The van der Waals surface area contributed by atoms with E-state index in [1.807, 2.05) is 0 Å². The molecule has 2 aliphatic heterocycles. The third kappa shape index (κ3) is 2.87. The average molecular weight is 424 g/mol. The number of rotatable bonds is 4. The molecule has 2 aromatic rings. The molecule has 2 aromatic carbocycles. The van der Waals surface area contributed by atoms with Crippen LogP contribution in [0.3, 0.4) is 0 Å². The standard InChI is InChI=1S/C21H20N4O6/c1-30-15-7-11(22)3-5-13(15)24-17(26)9-21(19(24)28)10-18(27)25(20(21)29)14-6-4-12(23)8-16(14)31-2/h3-8H,9-10,22-23H2,1-2H3. The summed E-state index contributed by atoms with van der Waals surface area (Å²) in [5.41, 5.74) is 10.8. The zero-order chi connectivity index (χ0) is 22.5. The van der Waals surface area contributed by atoms with E-state index in [0.29, 0.717) is 11.4 Å². The first-order valence-corrected chi connectivity index (χ1v) is 9.35. The van der Waals surface area contributed by atoms with Crippen LogP contribution in [0.4, 0.5) is 22.7 Å². The second-order valence-electron chi connectivity index (χ2n) is 7.37. The zero-order valence-electron chi connectivity index (χ0n) is 16.9. The van der Waals surface area contributed by atoms with Crippen LogP contribution in [0.25, 0.3) is 0 Å². The molecule has 0 saturated carbocycles. The van der Waals surface area contributed by atoms with Crippen molar-refractivity contribution in [1.29, 1.82) is 0 Å². The molecule has 0 radical (unpaired) electrons. The van der Waals surface area contributed by atoms with Gasteiger partial charge in [-0.2, -0.15) is 0 Å². The molecule has 10 heteroatoms. The first-order valence-electron chi connectivity index (χ1n) is 9.35. The number of nitrogens with two attached hydrogens (primary N) is 2. The first kappa shape index (κ1) is 20.2. The predicted molar refractivity (Wildman–Crippen MR) is 111 cm³/mol. The molecule has 4 amide bonds. The summed E-state index contributed by atoms with van der Waals surface area (Å²) in [6, 6.07) is 8.88. The van der Waals surface area contributed by atoms with Crippen molar-refractivity contribution in [3.8, 4) is 11.5 Å². The fourth-order valence-electron chi connectivity index (χ4n) is 4.03. The number of hydrogen-bond donors (Lipinski definition) is 2. The first-order chi connectivity index (χ1) is 14.7. The molecule has 10 nitrogen and oxygen atoms in total. The van der Waals surface area contributed by atoms with Gasteiger partial charge in [0.1, 0.15) is 16.9 Å². The Hall–Kier alpha value is -4.08. The number of amides is 4. The SMILES string of the molecule is COc1cc(N)ccc1N1C(=O)CC2(CC(=O)N(c3ccc(N)cc3OC)C2=O)C1=O. The highest BCUT2D eigenvalue weighted by molar-refractivity contribution is 6.38. The Labute approximate surface area is 177 Å². The molecule has 4 rings (SSSR count). The fraction of sp³-hybridized carbons (Fsp3) is 0.238. The van der Waals surface area contributed by atoms with Crippen molar-refractivity contribution in [1.82, 2.24) is 0 Å². The van der Waals surface area contributed by atoms with E-state index in [0.717, 1.165) is 9.80 Å². The average Bonchev–Trinajstić information content (AvgIpc) is 3.13. The van der Waals surface area contributed by atoms with Gasteiger partial charge in [0, 0.05) is 23.5 Å². The lowest BCUT2D eigenvalue weighted by Crippen LogP contribution is -2.42. The van der Waals surface area contributed by atoms with E-state index in [2.05, 4.69) is 0 Å². The molecule has 31 heavy (non-hydrogen) atoms. The van der Waals surface area contributed by atoms with Gasteiger partial charge in [0.25, 0.3) is 11.8 Å². The molecular formula is C21H20N4O6. The van der Waals surface area contributed by atoms with Crippen molar-refractivity contribution in [2.45, 2.75) is 12.8 Å². The zero-order valence-corrected chi connectivity index (χ0v) is 16.9. The molecule has 0 bridgehead atoms. The molecule has 2 fully saturated rings. The van der Waals surface area contributed by atoms with Gasteiger partial charge in [-0.3, -0.25) is 19.2 Å². The number of ether oxygens (including phenoxy) is 2. The van der Waals surface area contributed by atoms with Crippen molar-refractivity contribution >= 4 is 46.4 Å². The minimum absolute atomic E-state index is 0.160. The Morgan fingerprint density at radius 1 is 0.742 bits per heavy atom. The topological polar surface area (TPSA) is 145 Å². The number of imide groups is 2. The van der Waals surface area contributed by atoms with Crippen LogP contribution < -0.4 is 30.7 Å². The normalized spacial score (nSPS) is 17.7. The van der Waals surface area contributed by atoms with Crippen molar-refractivity contribution in [2.75, 3.05) is 35.5 Å². The molecule has 0 aromatic heterocycles. The van der Waals surface area contributed by atoms with E-state index in [1.54, 1.807) is 0 Å². The Morgan fingerprint density at radius 2 is 1.13 bits per heavy atom. The van der Waals surface area contributed by atoms with E-state index in [1.165, 1.54) is 50.6 Å². The minimum atomic E-state index is -1.83. The molecule has 160 valence electrons. The number of anilines is 4. The maximum absolute atomic E-state index is 13.4. The lowest BCUT2D eigenvalue weighted by Gasteiger charge is -2.22. The third-order valence-corrected chi connectivity index (χ3v) is 5.52. The van der Waals surface area contributed by atoms with Gasteiger partial charge in [0.2, 0.25) is 11.8 Å². The summed E-state index contributed by atoms with van der Waals surface area (Å²) in [6.45, 7) is 0. The van der Waals surface area contributed by atoms with Crippen LogP contribution in [-0.4, -0.2) is 37.8 Å². The van der Waals surface area contributed by atoms with Crippen LogP contribution >= 0.6 is 0 Å². The Bertz CT molecular complexity index is 1060. The summed E-state index contributed by atoms with van der Waals surface area (Å²) < 4.78 is 10.5. The van der Waals surface area contributed by atoms with Gasteiger partial charge in [-0.05, 0) is 24.3 Å². The number of carbonyl (C=O) groups is 4. The van der Waals surface area contributed by atoms with Gasteiger partial charge in [-0.1, -0.05) is 0 Å². The Morgan fingerprint density at radius 3 is 1.48 bits per heavy atom. The van der Waals surface area contributed by atoms with Crippen LogP contribution in [0.5, 0.6) is 11.5 Å². The number of methoxy groups -OCH3 is 2. The smallest absolute Gasteiger partial charge is 0.250 e. The highest BCUT2D eigenvalue weighted by atomic mass is 16.5. The van der Waals surface area contributed by atoms with E-state index >= 15 is 0 Å². The summed E-state index contributed by atoms with van der Waals surface area (Å²) >= 11 is 0. The third-order valence-electron chi connectivity index (χ3n) is 5.52. The Kier molecular flexibility index (Phi) is 4.57. The van der Waals surface area contributed by atoms with E-state index in [9.17, 15) is 19.2 Å². The van der Waals surface area contributed by atoms with Crippen LogP contribution in [-0.2, 0) is 19.2 Å². The summed E-state index contributed by atoms with van der Waals surface area (Å²) in [4.78, 5) is 54.3. The molecule has 1 spiro atoms. The molecule has 0 atom stereocenters. The molecule has 0 unspecified atom stereocenters. The summed E-state index contributed by atoms with van der Waals surface area (Å²) in [6.07, 6.45) is -0.866. The summed E-state index contributed by atoms with van der Waals surface area (Å²) in [7, 11) is 2.75. The van der Waals surface area contributed by atoms with E-state index in [-0.39, 0.29) is 22.9 Å². The number of carbonyl (C=O) groups excluding carboxylic acids is 4. The molecule has 0 aliphatic carbocycles. The number of hydrogen-bond acceptors (Lipinski definition) is 8. The van der Waals surface area contributed by atoms with Gasteiger partial charge in [-0.25, -0.2) is 9.80 Å². The van der Waals surface area contributed by atoms with Crippen molar-refractivity contribution < 1.29 is 28.7 Å². The number of nitrogens with zero attached hydrogens (tertiary/aromatic N) is 2. The largest absolute Gasteiger partial charge is 0.494 e. The van der Waals surface area contributed by atoms with Crippen molar-refractivity contribution in [3.63, 3.8) is 0 Å². The molecule has 2 saturated heterocycles. The van der Waals surface area contributed by atoms with Gasteiger partial charge < -0.3 is 20.9 Å². The van der Waals surface area contributed by atoms with Crippen LogP contribution in [0.1, 0.15) is 12.8 Å². The van der Waals surface area contributed by atoms with Gasteiger partial charge in [0.05, 0.1) is 38.4 Å². The predicted octanol–water partition coefficient (Wildman–Crippen LogP) is 1.08. The van der Waals surface area contributed by atoms with E-state index < -0.39 is 41.9 Å². The maximum atomic E-state index is 13.4. The highest BCUT2D eigenvalue weighted by Gasteiger charge is 2.65. The van der Waals surface area contributed by atoms with Crippen molar-refractivity contribution in [3.05, 3.63) is 36.4 Å². The molecule has 4 N–H and O–H groups in total. The van der Waals surface area contributed by atoms with Crippen LogP contribution in [0.15, 0.2) is 36.4 Å². The summed E-state index contributed by atoms with van der Waals surface area (Å²) in [5, 5.41) is 0. The van der Waals surface area contributed by atoms with Gasteiger partial charge >= 0.3 is 0 Å². The quantitative estimate of drug-likeness (QED) is 0.421. The second-order valence-corrected chi connectivity index (χ2v) is 7.37. The van der Waals surface area contributed by atoms with Crippen molar-refractivity contribution in [2.24, 2.45) is 5.41 Å². The number of nitrogen functional groups attached to an aromatic ring is 2. The second kappa shape index (κ2) is 7.01. The summed E-state index contributed by atoms with van der Waals surface area (Å²) in [5.74, 6) is -2.38. The monoisotopic (exact) mass is 424 g/mol. The lowest BCUT2D eigenvalue weighted by atomic mass is 9.84. The van der Waals surface area contributed by atoms with Crippen LogP contribution in [0.2, 0.25) is 0 Å². The molecule has 2 heterocycles. The lowest BCUT2D eigenvalue weighted by molar-refractivity contribution is -0.136. The van der Waals surface area contributed by atoms with Gasteiger partial charge in [0.15, 0.2) is 0 Å². The molecule has 2 aliphatic rings. The maximum Gasteiger partial charge on any atom is 0.250 e. The van der Waals surface area contributed by atoms with Gasteiger partial charge in [-0.15, -0.1) is 0 Å². The molecular weight excluding hydrogens is 404 g/mol.